The first-order valence-electron chi connectivity index (χ1n) is 4.74. The molecule has 3 heteroatoms. The highest BCUT2D eigenvalue weighted by Gasteiger charge is 2.21. The molecular formula is C11H14O3. The van der Waals surface area contributed by atoms with Crippen molar-refractivity contribution < 1.29 is 14.6 Å². The predicted molar refractivity (Wildman–Crippen MR) is 52.8 cm³/mol. The summed E-state index contributed by atoms with van der Waals surface area (Å²) in [6, 6.07) is 5.85. The van der Waals surface area contributed by atoms with Crippen LogP contribution in [0.4, 0.5) is 0 Å². The normalized spacial score (nSPS) is 19.7. The number of benzene rings is 1. The summed E-state index contributed by atoms with van der Waals surface area (Å²) in [7, 11) is 1.64. The number of hydrogen-bond acceptors (Lipinski definition) is 3. The summed E-state index contributed by atoms with van der Waals surface area (Å²) in [5, 5.41) is 9.03. The van der Waals surface area contributed by atoms with Crippen LogP contribution in [0.2, 0.25) is 0 Å². The van der Waals surface area contributed by atoms with E-state index in [0.717, 1.165) is 23.5 Å². The van der Waals surface area contributed by atoms with Crippen LogP contribution in [-0.2, 0) is 6.42 Å². The SMILES string of the molecule is COc1cccc2c1OCC(CO)C2. The van der Waals surface area contributed by atoms with Crippen molar-refractivity contribution in [1.29, 1.82) is 0 Å². The molecule has 1 aliphatic heterocycles. The molecule has 76 valence electrons. The Bertz CT molecular complexity index is 322. The summed E-state index contributed by atoms with van der Waals surface area (Å²) in [6.45, 7) is 0.751. The molecule has 0 aromatic heterocycles. The molecule has 1 aromatic carbocycles. The zero-order chi connectivity index (χ0) is 9.97. The highest BCUT2D eigenvalue weighted by Crippen LogP contribution is 2.35. The van der Waals surface area contributed by atoms with Crippen molar-refractivity contribution in [1.82, 2.24) is 0 Å². The van der Waals surface area contributed by atoms with Crippen LogP contribution in [0, 0.1) is 5.92 Å². The zero-order valence-corrected chi connectivity index (χ0v) is 8.19. The van der Waals surface area contributed by atoms with Crippen LogP contribution in [0.5, 0.6) is 11.5 Å². The van der Waals surface area contributed by atoms with Gasteiger partial charge in [0, 0.05) is 12.5 Å². The van der Waals surface area contributed by atoms with E-state index in [1.165, 1.54) is 0 Å². The third-order valence-electron chi connectivity index (χ3n) is 2.51. The van der Waals surface area contributed by atoms with Crippen LogP contribution in [0.1, 0.15) is 5.56 Å². The number of hydrogen-bond donors (Lipinski definition) is 1. The molecule has 0 saturated heterocycles. The van der Waals surface area contributed by atoms with Gasteiger partial charge in [-0.25, -0.2) is 0 Å². The Labute approximate surface area is 83.3 Å². The number of fused-ring (bicyclic) bond motifs is 1. The predicted octanol–water partition coefficient (Wildman–Crippen LogP) is 1.24. The monoisotopic (exact) mass is 194 g/mol. The molecule has 14 heavy (non-hydrogen) atoms. The van der Waals surface area contributed by atoms with Crippen molar-refractivity contribution in [3.63, 3.8) is 0 Å². The molecule has 1 aliphatic rings. The maximum absolute atomic E-state index is 9.03. The molecule has 3 nitrogen and oxygen atoms in total. The molecule has 0 bridgehead atoms. The maximum atomic E-state index is 9.03. The molecule has 0 aliphatic carbocycles. The van der Waals surface area contributed by atoms with E-state index in [1.807, 2.05) is 18.2 Å². The van der Waals surface area contributed by atoms with E-state index >= 15 is 0 Å². The molecular weight excluding hydrogens is 180 g/mol. The van der Waals surface area contributed by atoms with Gasteiger partial charge in [0.2, 0.25) is 0 Å². The van der Waals surface area contributed by atoms with Crippen LogP contribution in [0.25, 0.3) is 0 Å². The van der Waals surface area contributed by atoms with Gasteiger partial charge in [0.15, 0.2) is 11.5 Å². The molecule has 1 N–H and O–H groups in total. The number of aliphatic hydroxyl groups is 1. The first-order chi connectivity index (χ1) is 6.85. The Morgan fingerprint density at radius 1 is 1.57 bits per heavy atom. The molecule has 1 heterocycles. The van der Waals surface area contributed by atoms with E-state index in [4.69, 9.17) is 14.6 Å². The number of methoxy groups -OCH3 is 1. The second-order valence-corrected chi connectivity index (χ2v) is 3.51. The topological polar surface area (TPSA) is 38.7 Å². The first kappa shape index (κ1) is 9.34. The fourth-order valence-electron chi connectivity index (χ4n) is 1.73. The van der Waals surface area contributed by atoms with Gasteiger partial charge in [-0.1, -0.05) is 12.1 Å². The van der Waals surface area contributed by atoms with E-state index < -0.39 is 0 Å². The fourth-order valence-corrected chi connectivity index (χ4v) is 1.73. The molecule has 1 aromatic rings. The summed E-state index contributed by atoms with van der Waals surface area (Å²) < 4.78 is 10.8. The average molecular weight is 194 g/mol. The van der Waals surface area contributed by atoms with Crippen LogP contribution in [0.3, 0.4) is 0 Å². The third kappa shape index (κ3) is 1.55. The standard InChI is InChI=1S/C11H14O3/c1-13-10-4-2-3-9-5-8(6-12)7-14-11(9)10/h2-4,8,12H,5-7H2,1H3. The van der Waals surface area contributed by atoms with Gasteiger partial charge in [0.1, 0.15) is 0 Å². The van der Waals surface area contributed by atoms with Crippen molar-refractivity contribution in [2.45, 2.75) is 6.42 Å². The molecule has 0 saturated carbocycles. The largest absolute Gasteiger partial charge is 0.493 e. The maximum Gasteiger partial charge on any atom is 0.164 e. The van der Waals surface area contributed by atoms with Gasteiger partial charge < -0.3 is 14.6 Å². The van der Waals surface area contributed by atoms with Crippen LogP contribution < -0.4 is 9.47 Å². The third-order valence-corrected chi connectivity index (χ3v) is 2.51. The van der Waals surface area contributed by atoms with E-state index in [0.29, 0.717) is 6.61 Å². The van der Waals surface area contributed by atoms with Crippen molar-refractivity contribution in [3.05, 3.63) is 23.8 Å². The van der Waals surface area contributed by atoms with Crippen molar-refractivity contribution in [2.24, 2.45) is 5.92 Å². The number of aliphatic hydroxyl groups excluding tert-OH is 1. The quantitative estimate of drug-likeness (QED) is 0.769. The van der Waals surface area contributed by atoms with E-state index in [2.05, 4.69) is 0 Å². The summed E-state index contributed by atoms with van der Waals surface area (Å²) >= 11 is 0. The van der Waals surface area contributed by atoms with Crippen molar-refractivity contribution in [3.8, 4) is 11.5 Å². The molecule has 2 rings (SSSR count). The fraction of sp³-hybridized carbons (Fsp3) is 0.455. The minimum absolute atomic E-state index is 0.177. The zero-order valence-electron chi connectivity index (χ0n) is 8.19. The Hall–Kier alpha value is -1.22. The molecule has 1 unspecified atom stereocenters. The number of para-hydroxylation sites is 1. The van der Waals surface area contributed by atoms with Crippen LogP contribution in [0.15, 0.2) is 18.2 Å². The smallest absolute Gasteiger partial charge is 0.164 e. The van der Waals surface area contributed by atoms with Gasteiger partial charge in [0.05, 0.1) is 13.7 Å². The van der Waals surface area contributed by atoms with Gasteiger partial charge in [-0.3, -0.25) is 0 Å². The number of rotatable bonds is 2. The van der Waals surface area contributed by atoms with Gasteiger partial charge in [-0.2, -0.15) is 0 Å². The van der Waals surface area contributed by atoms with Crippen LogP contribution in [-0.4, -0.2) is 25.4 Å². The highest BCUT2D eigenvalue weighted by molar-refractivity contribution is 5.47. The van der Waals surface area contributed by atoms with E-state index in [-0.39, 0.29) is 12.5 Å². The van der Waals surface area contributed by atoms with Gasteiger partial charge >= 0.3 is 0 Å². The second kappa shape index (κ2) is 3.88. The van der Waals surface area contributed by atoms with Gasteiger partial charge in [0.25, 0.3) is 0 Å². The molecule has 1 atom stereocenters. The second-order valence-electron chi connectivity index (χ2n) is 3.51. The van der Waals surface area contributed by atoms with Gasteiger partial charge in [-0.15, -0.1) is 0 Å². The highest BCUT2D eigenvalue weighted by atomic mass is 16.5. The lowest BCUT2D eigenvalue weighted by atomic mass is 9.97. The van der Waals surface area contributed by atoms with E-state index in [1.54, 1.807) is 7.11 Å². The molecule has 0 fully saturated rings. The van der Waals surface area contributed by atoms with Crippen molar-refractivity contribution >= 4 is 0 Å². The Balaban J connectivity index is 2.30. The van der Waals surface area contributed by atoms with Crippen LogP contribution >= 0.6 is 0 Å². The lowest BCUT2D eigenvalue weighted by Crippen LogP contribution is -2.23. The Kier molecular flexibility index (Phi) is 2.59. The Morgan fingerprint density at radius 2 is 2.43 bits per heavy atom. The summed E-state index contributed by atoms with van der Waals surface area (Å²) in [5.41, 5.74) is 1.12. The molecule has 0 amide bonds. The summed E-state index contributed by atoms with van der Waals surface area (Å²) in [5.74, 6) is 1.83. The minimum atomic E-state index is 0.177. The lowest BCUT2D eigenvalue weighted by molar-refractivity contribution is 0.143. The number of ether oxygens (including phenoxy) is 2. The summed E-state index contributed by atoms with van der Waals surface area (Å²) in [6.07, 6.45) is 0.864. The minimum Gasteiger partial charge on any atom is -0.493 e. The average Bonchev–Trinajstić information content (AvgIpc) is 2.27. The molecule has 0 radical (unpaired) electrons. The summed E-state index contributed by atoms with van der Waals surface area (Å²) in [4.78, 5) is 0. The Morgan fingerprint density at radius 3 is 3.14 bits per heavy atom. The first-order valence-corrected chi connectivity index (χ1v) is 4.74. The van der Waals surface area contributed by atoms with Crippen molar-refractivity contribution in [2.75, 3.05) is 20.3 Å². The van der Waals surface area contributed by atoms with Gasteiger partial charge in [-0.05, 0) is 18.1 Å². The van der Waals surface area contributed by atoms with E-state index in [9.17, 15) is 0 Å². The molecule has 0 spiro atoms. The lowest BCUT2D eigenvalue weighted by Gasteiger charge is -2.25.